The van der Waals surface area contributed by atoms with Crippen LogP contribution in [0.2, 0.25) is 0 Å². The van der Waals surface area contributed by atoms with E-state index in [2.05, 4.69) is 20.9 Å². The van der Waals surface area contributed by atoms with E-state index in [0.717, 1.165) is 32.7 Å². The molecule has 2 heterocycles. The second-order valence-electron chi connectivity index (χ2n) is 4.43. The summed E-state index contributed by atoms with van der Waals surface area (Å²) < 4.78 is 12.1. The van der Waals surface area contributed by atoms with Crippen LogP contribution in [0.15, 0.2) is 16.0 Å². The molecular weight excluding hydrogens is 330 g/mol. The number of aromatic nitrogens is 1. The number of hydrogen-bond donors (Lipinski definition) is 0. The Morgan fingerprint density at radius 2 is 2.42 bits per heavy atom. The maximum absolute atomic E-state index is 11.8. The standard InChI is InChI=1S/C13H12BrNO3S/c1-17-12(16)8-4-9(7-2-3-18-6-7)11-10(5-8)19-13(14)15-11/h4-5,7H,2-3,6H2,1H3. The highest BCUT2D eigenvalue weighted by Gasteiger charge is 2.23. The summed E-state index contributed by atoms with van der Waals surface area (Å²) in [5.74, 6) is -0.00676. The normalized spacial score (nSPS) is 18.9. The highest BCUT2D eigenvalue weighted by molar-refractivity contribution is 9.11. The van der Waals surface area contributed by atoms with E-state index in [1.54, 1.807) is 0 Å². The van der Waals surface area contributed by atoms with Gasteiger partial charge in [-0.05, 0) is 40.0 Å². The molecule has 1 saturated heterocycles. The maximum Gasteiger partial charge on any atom is 0.337 e. The third kappa shape index (κ3) is 2.40. The first-order chi connectivity index (χ1) is 9.19. The van der Waals surface area contributed by atoms with Crippen molar-refractivity contribution >= 4 is 43.5 Å². The minimum Gasteiger partial charge on any atom is -0.465 e. The molecule has 0 radical (unpaired) electrons. The molecule has 1 aliphatic rings. The largest absolute Gasteiger partial charge is 0.465 e. The van der Waals surface area contributed by atoms with Gasteiger partial charge >= 0.3 is 5.97 Å². The average molecular weight is 342 g/mol. The number of benzene rings is 1. The van der Waals surface area contributed by atoms with E-state index in [-0.39, 0.29) is 5.97 Å². The number of thiazole rings is 1. The molecule has 1 aliphatic heterocycles. The molecule has 1 atom stereocenters. The fourth-order valence-corrected chi connectivity index (χ4v) is 3.82. The van der Waals surface area contributed by atoms with Crippen LogP contribution in [0.4, 0.5) is 0 Å². The van der Waals surface area contributed by atoms with Gasteiger partial charge in [-0.3, -0.25) is 0 Å². The predicted molar refractivity (Wildman–Crippen MR) is 76.8 cm³/mol. The fourth-order valence-electron chi connectivity index (χ4n) is 2.36. The van der Waals surface area contributed by atoms with Crippen LogP contribution in [-0.4, -0.2) is 31.3 Å². The number of fused-ring (bicyclic) bond motifs is 1. The maximum atomic E-state index is 11.8. The number of rotatable bonds is 2. The van der Waals surface area contributed by atoms with E-state index >= 15 is 0 Å². The van der Waals surface area contributed by atoms with Gasteiger partial charge in [0.25, 0.3) is 0 Å². The Labute approximate surface area is 122 Å². The number of nitrogens with zero attached hydrogens (tertiary/aromatic N) is 1. The molecule has 1 aromatic carbocycles. The highest BCUT2D eigenvalue weighted by Crippen LogP contribution is 2.36. The number of hydrogen-bond acceptors (Lipinski definition) is 5. The lowest BCUT2D eigenvalue weighted by Gasteiger charge is -2.10. The monoisotopic (exact) mass is 341 g/mol. The zero-order chi connectivity index (χ0) is 13.4. The molecule has 2 aromatic rings. The Balaban J connectivity index is 2.18. The van der Waals surface area contributed by atoms with Crippen LogP contribution >= 0.6 is 27.3 Å². The second-order valence-corrected chi connectivity index (χ2v) is 6.74. The molecule has 0 bridgehead atoms. The Bertz CT molecular complexity index is 634. The summed E-state index contributed by atoms with van der Waals surface area (Å²) in [5, 5.41) is 0. The summed E-state index contributed by atoms with van der Waals surface area (Å²) in [6.45, 7) is 1.45. The summed E-state index contributed by atoms with van der Waals surface area (Å²) >= 11 is 4.93. The van der Waals surface area contributed by atoms with Crippen LogP contribution in [0.25, 0.3) is 10.2 Å². The lowest BCUT2D eigenvalue weighted by Crippen LogP contribution is -2.05. The molecule has 4 nitrogen and oxygen atoms in total. The molecule has 0 N–H and O–H groups in total. The SMILES string of the molecule is COC(=O)c1cc(C2CCOC2)c2nc(Br)sc2c1. The van der Waals surface area contributed by atoms with E-state index in [1.165, 1.54) is 18.4 Å². The van der Waals surface area contributed by atoms with E-state index in [9.17, 15) is 4.79 Å². The van der Waals surface area contributed by atoms with Crippen LogP contribution in [0.1, 0.15) is 28.3 Å². The lowest BCUT2D eigenvalue weighted by molar-refractivity contribution is 0.0601. The van der Waals surface area contributed by atoms with Gasteiger partial charge in [0, 0.05) is 12.5 Å². The van der Waals surface area contributed by atoms with Gasteiger partial charge in [-0.25, -0.2) is 9.78 Å². The van der Waals surface area contributed by atoms with Crippen molar-refractivity contribution in [3.05, 3.63) is 27.2 Å². The van der Waals surface area contributed by atoms with Gasteiger partial charge in [0.1, 0.15) is 0 Å². The van der Waals surface area contributed by atoms with E-state index in [4.69, 9.17) is 9.47 Å². The summed E-state index contributed by atoms with van der Waals surface area (Å²) in [4.78, 5) is 16.3. The highest BCUT2D eigenvalue weighted by atomic mass is 79.9. The Morgan fingerprint density at radius 3 is 3.11 bits per heavy atom. The van der Waals surface area contributed by atoms with E-state index < -0.39 is 0 Å². The molecule has 3 rings (SSSR count). The molecule has 1 fully saturated rings. The van der Waals surface area contributed by atoms with Crippen molar-refractivity contribution in [2.24, 2.45) is 0 Å². The van der Waals surface area contributed by atoms with Crippen LogP contribution in [0.5, 0.6) is 0 Å². The smallest absolute Gasteiger partial charge is 0.337 e. The third-order valence-electron chi connectivity index (χ3n) is 3.29. The molecule has 100 valence electrons. The van der Waals surface area contributed by atoms with Crippen molar-refractivity contribution in [3.8, 4) is 0 Å². The predicted octanol–water partition coefficient (Wildman–Crippen LogP) is 3.35. The molecule has 1 unspecified atom stereocenters. The number of halogens is 1. The summed E-state index contributed by atoms with van der Waals surface area (Å²) in [6, 6.07) is 3.72. The lowest BCUT2D eigenvalue weighted by atomic mass is 9.95. The molecule has 1 aromatic heterocycles. The van der Waals surface area contributed by atoms with Gasteiger partial charge in [0.15, 0.2) is 3.92 Å². The zero-order valence-electron chi connectivity index (χ0n) is 10.3. The van der Waals surface area contributed by atoms with Crippen LogP contribution in [0.3, 0.4) is 0 Å². The van der Waals surface area contributed by atoms with E-state index in [0.29, 0.717) is 18.1 Å². The van der Waals surface area contributed by atoms with Gasteiger partial charge in [-0.2, -0.15) is 0 Å². The van der Waals surface area contributed by atoms with Crippen molar-refractivity contribution in [3.63, 3.8) is 0 Å². The first-order valence-electron chi connectivity index (χ1n) is 5.95. The Morgan fingerprint density at radius 1 is 1.58 bits per heavy atom. The minimum absolute atomic E-state index is 0.307. The zero-order valence-corrected chi connectivity index (χ0v) is 12.7. The van der Waals surface area contributed by atoms with E-state index in [1.807, 2.05) is 12.1 Å². The quantitative estimate of drug-likeness (QED) is 0.786. The molecule has 0 aliphatic carbocycles. The summed E-state index contributed by atoms with van der Waals surface area (Å²) in [5.41, 5.74) is 2.62. The molecule has 0 spiro atoms. The molecule has 6 heteroatoms. The third-order valence-corrected chi connectivity index (χ3v) is 4.74. The number of carbonyl (C=O) groups excluding carboxylic acids is 1. The Hall–Kier alpha value is -0.980. The van der Waals surface area contributed by atoms with Gasteiger partial charge < -0.3 is 9.47 Å². The van der Waals surface area contributed by atoms with Gasteiger partial charge in [-0.15, -0.1) is 11.3 Å². The number of carbonyl (C=O) groups is 1. The topological polar surface area (TPSA) is 48.4 Å². The van der Waals surface area contributed by atoms with Crippen molar-refractivity contribution < 1.29 is 14.3 Å². The first-order valence-corrected chi connectivity index (χ1v) is 7.56. The van der Waals surface area contributed by atoms with Crippen LogP contribution < -0.4 is 0 Å². The van der Waals surface area contributed by atoms with Crippen molar-refractivity contribution in [2.75, 3.05) is 20.3 Å². The number of esters is 1. The second kappa shape index (κ2) is 5.19. The molecule has 19 heavy (non-hydrogen) atoms. The van der Waals surface area contributed by atoms with Gasteiger partial charge in [0.2, 0.25) is 0 Å². The fraction of sp³-hybridized carbons (Fsp3) is 0.385. The summed E-state index contributed by atoms with van der Waals surface area (Å²) in [6.07, 6.45) is 0.967. The minimum atomic E-state index is -0.313. The van der Waals surface area contributed by atoms with Crippen molar-refractivity contribution in [1.29, 1.82) is 0 Å². The van der Waals surface area contributed by atoms with Crippen LogP contribution in [-0.2, 0) is 9.47 Å². The molecular formula is C13H12BrNO3S. The average Bonchev–Trinajstić information content (AvgIpc) is 3.04. The Kier molecular flexibility index (Phi) is 3.56. The first kappa shape index (κ1) is 13.0. The molecule has 0 amide bonds. The summed E-state index contributed by atoms with van der Waals surface area (Å²) in [7, 11) is 1.40. The number of methoxy groups -OCH3 is 1. The molecule has 0 saturated carbocycles. The van der Waals surface area contributed by atoms with Crippen molar-refractivity contribution in [1.82, 2.24) is 4.98 Å². The van der Waals surface area contributed by atoms with Crippen LogP contribution in [0, 0.1) is 0 Å². The van der Waals surface area contributed by atoms with Gasteiger partial charge in [0.05, 0.1) is 29.5 Å². The van der Waals surface area contributed by atoms with Crippen molar-refractivity contribution in [2.45, 2.75) is 12.3 Å². The van der Waals surface area contributed by atoms with Gasteiger partial charge in [-0.1, -0.05) is 0 Å². The number of ether oxygens (including phenoxy) is 2.